The number of aliphatic carboxylic acids is 3. The zero-order valence-electron chi connectivity index (χ0n) is 53.8. The van der Waals surface area contributed by atoms with Crippen molar-refractivity contribution >= 4 is 23.9 Å². The number of ether oxygens (including phenoxy) is 1. The summed E-state index contributed by atoms with van der Waals surface area (Å²) in [7, 11) is 0. The lowest BCUT2D eigenvalue weighted by molar-refractivity contribution is -0.234. The number of hydrogen-bond acceptors (Lipinski definition) is 9. The van der Waals surface area contributed by atoms with Gasteiger partial charge in [-0.25, -0.2) is 0 Å². The number of rotatable bonds is 19. The van der Waals surface area contributed by atoms with Crippen molar-refractivity contribution in [1.29, 1.82) is 0 Å². The third kappa shape index (κ3) is 12.6. The summed E-state index contributed by atoms with van der Waals surface area (Å²) in [5, 5.41) is 39.1. The number of carbonyl (C=O) groups is 4. The van der Waals surface area contributed by atoms with Crippen LogP contribution in [0.2, 0.25) is 0 Å². The van der Waals surface area contributed by atoms with Crippen molar-refractivity contribution in [3.8, 4) is 0 Å². The molecule has 0 aliphatic carbocycles. The highest BCUT2D eigenvalue weighted by molar-refractivity contribution is 5.94. The van der Waals surface area contributed by atoms with Crippen LogP contribution in [0.4, 0.5) is 0 Å². The molecule has 0 radical (unpaired) electrons. The Balaban J connectivity index is 1.36. The lowest BCUT2D eigenvalue weighted by atomic mass is 9.40. The molecule has 4 fully saturated rings. The van der Waals surface area contributed by atoms with Gasteiger partial charge in [-0.2, -0.15) is 0 Å². The predicted molar refractivity (Wildman–Crippen MR) is 334 cm³/mol. The molecule has 3 N–H and O–H groups in total. The van der Waals surface area contributed by atoms with Crippen molar-refractivity contribution in [1.82, 2.24) is 19.6 Å². The second-order valence-electron chi connectivity index (χ2n) is 31.1. The zero-order valence-corrected chi connectivity index (χ0v) is 53.8. The number of benzene rings is 4. The summed E-state index contributed by atoms with van der Waals surface area (Å²) in [5.74, 6) is -9.76. The summed E-state index contributed by atoms with van der Waals surface area (Å²) in [5.41, 5.74) is -6.21. The smallest absolute Gasteiger partial charge is 0.312 e. The third-order valence-electron chi connectivity index (χ3n) is 21.3. The summed E-state index contributed by atoms with van der Waals surface area (Å²) < 4.78 is 6.82. The van der Waals surface area contributed by atoms with Gasteiger partial charge in [-0.1, -0.05) is 121 Å². The van der Waals surface area contributed by atoms with Gasteiger partial charge < -0.3 is 20.1 Å². The average molecular weight is 1150 g/mol. The lowest BCUT2D eigenvalue weighted by Gasteiger charge is -2.66. The van der Waals surface area contributed by atoms with Gasteiger partial charge in [-0.15, -0.1) is 0 Å². The Kier molecular flexibility index (Phi) is 18.0. The molecule has 0 amide bonds. The first kappa shape index (κ1) is 64.6. The summed E-state index contributed by atoms with van der Waals surface area (Å²) in [6, 6.07) is 40.8. The fourth-order valence-electron chi connectivity index (χ4n) is 18.7. The van der Waals surface area contributed by atoms with E-state index in [9.17, 15) is 15.3 Å². The number of nitrogens with zero attached hydrogens (tertiary/aromatic N) is 4. The van der Waals surface area contributed by atoms with Gasteiger partial charge in [0.15, 0.2) is 0 Å². The largest absolute Gasteiger partial charge is 0.481 e. The van der Waals surface area contributed by atoms with Crippen molar-refractivity contribution in [2.75, 3.05) is 0 Å². The number of carboxylic acid groups (broad SMARTS) is 3. The molecule has 0 aromatic heterocycles. The van der Waals surface area contributed by atoms with Crippen LogP contribution in [0.15, 0.2) is 121 Å². The molecule has 0 spiro atoms. The standard InChI is InChI=1S/C72H102N4O8/c1-63(2)37-54(38-64(3,4)73(63)46-50-29-21-17-22-30-50)59(60(78)79)72(62(82)83,56-41-67(9,10)75(68(11,12)42-56)48-52-33-25-19-26-34-52)71(61(80)81,55-39-65(5,6)74(66(7,8)40-55)47-51-31-23-18-24-32-51)45-58(77)84-57-43-69(13,14)76(70(15,16)44-57)49-53-35-27-20-28-36-53/h17-36,54-57,59H,37-49H2,1-16H3,(H,78,79)(H,80,81)(H,82,83). The highest BCUT2D eigenvalue weighted by Crippen LogP contribution is 2.68. The molecular formula is C72H102N4O8. The Labute approximate surface area is 503 Å². The minimum Gasteiger partial charge on any atom is -0.481 e. The van der Waals surface area contributed by atoms with Crippen LogP contribution in [0.25, 0.3) is 0 Å². The Morgan fingerprint density at radius 3 is 0.964 bits per heavy atom. The van der Waals surface area contributed by atoms with E-state index in [1.54, 1.807) is 0 Å². The average Bonchev–Trinajstić information content (AvgIpc) is 0.698. The van der Waals surface area contributed by atoms with Gasteiger partial charge in [0.2, 0.25) is 0 Å². The molecule has 12 nitrogen and oxygen atoms in total. The van der Waals surface area contributed by atoms with Crippen LogP contribution in [-0.4, -0.2) is 109 Å². The minimum absolute atomic E-state index is 0.158. The Morgan fingerprint density at radius 2 is 0.690 bits per heavy atom. The van der Waals surface area contributed by atoms with Crippen molar-refractivity contribution in [3.63, 3.8) is 0 Å². The summed E-state index contributed by atoms with van der Waals surface area (Å²) in [6.07, 6.45) is 0.639. The fraction of sp³-hybridized carbons (Fsp3) is 0.611. The van der Waals surface area contributed by atoms with Crippen LogP contribution in [0.5, 0.6) is 0 Å². The summed E-state index contributed by atoms with van der Waals surface area (Å²) in [6.45, 7) is 36.2. The SMILES string of the molecule is CC1(C)CC(OC(=O)CC(C(=O)O)(C2CC(C)(C)N(Cc3ccccc3)C(C)(C)C2)C(C(=O)O)(C2CC(C)(C)N(Cc3ccccc3)C(C)(C)C2)C(C(=O)O)C2CC(C)(C)N(Cc3ccccc3)C(C)(C)C2)CC(C)(C)N1Cc1ccccc1. The predicted octanol–water partition coefficient (Wildman–Crippen LogP) is 14.4. The zero-order chi connectivity index (χ0) is 61.9. The van der Waals surface area contributed by atoms with Crippen molar-refractivity contribution in [2.45, 2.75) is 245 Å². The van der Waals surface area contributed by atoms with E-state index >= 15 is 19.2 Å². The molecule has 12 heteroatoms. The molecule has 4 aliphatic rings. The van der Waals surface area contributed by atoms with E-state index in [1.807, 2.05) is 72.8 Å². The third-order valence-corrected chi connectivity index (χ3v) is 21.3. The molecule has 4 heterocycles. The van der Waals surface area contributed by atoms with Crippen LogP contribution < -0.4 is 0 Å². The summed E-state index contributed by atoms with van der Waals surface area (Å²) >= 11 is 0. The highest BCUT2D eigenvalue weighted by atomic mass is 16.5. The van der Waals surface area contributed by atoms with E-state index in [-0.39, 0.29) is 38.5 Å². The number of carboxylic acids is 3. The van der Waals surface area contributed by atoms with Gasteiger partial charge in [0.1, 0.15) is 11.5 Å². The van der Waals surface area contributed by atoms with Gasteiger partial charge in [0.05, 0.1) is 17.8 Å². The van der Waals surface area contributed by atoms with Crippen LogP contribution in [0.1, 0.15) is 191 Å². The molecule has 4 aromatic carbocycles. The molecular weight excluding hydrogens is 1050 g/mol. The normalized spacial score (nSPS) is 24.7. The number of esters is 1. The quantitative estimate of drug-likeness (QED) is 0.0767. The summed E-state index contributed by atoms with van der Waals surface area (Å²) in [4.78, 5) is 73.9. The lowest BCUT2D eigenvalue weighted by Crippen LogP contribution is -2.73. The van der Waals surface area contributed by atoms with E-state index in [2.05, 4.69) is 179 Å². The van der Waals surface area contributed by atoms with Crippen molar-refractivity contribution in [3.05, 3.63) is 144 Å². The molecule has 0 saturated carbocycles. The van der Waals surface area contributed by atoms with E-state index < -0.39 is 115 Å². The first-order chi connectivity index (χ1) is 38.9. The van der Waals surface area contributed by atoms with Crippen LogP contribution in [0.3, 0.4) is 0 Å². The van der Waals surface area contributed by atoms with Gasteiger partial charge in [-0.3, -0.25) is 38.8 Å². The molecule has 3 unspecified atom stereocenters. The topological polar surface area (TPSA) is 151 Å². The first-order valence-corrected chi connectivity index (χ1v) is 31.1. The Morgan fingerprint density at radius 1 is 0.417 bits per heavy atom. The minimum atomic E-state index is -2.59. The van der Waals surface area contributed by atoms with Gasteiger partial charge in [0.25, 0.3) is 0 Å². The Hall–Kier alpha value is -5.40. The van der Waals surface area contributed by atoms with E-state index in [0.717, 1.165) is 22.3 Å². The van der Waals surface area contributed by atoms with E-state index in [0.29, 0.717) is 39.0 Å². The molecule has 3 atom stereocenters. The highest BCUT2D eigenvalue weighted by Gasteiger charge is 2.77. The van der Waals surface area contributed by atoms with Crippen molar-refractivity contribution in [2.24, 2.45) is 34.5 Å². The Bertz CT molecular complexity index is 2880. The molecule has 458 valence electrons. The van der Waals surface area contributed by atoms with Crippen LogP contribution in [-0.2, 0) is 50.1 Å². The molecule has 0 bridgehead atoms. The van der Waals surface area contributed by atoms with Crippen LogP contribution >= 0.6 is 0 Å². The molecule has 8 rings (SSSR count). The fourth-order valence-corrected chi connectivity index (χ4v) is 18.7. The van der Waals surface area contributed by atoms with Gasteiger partial charge in [-0.05, 0) is 189 Å². The monoisotopic (exact) mass is 1150 g/mol. The maximum absolute atomic E-state index is 16.4. The maximum Gasteiger partial charge on any atom is 0.312 e. The van der Waals surface area contributed by atoms with Crippen LogP contribution in [0, 0.1) is 34.5 Å². The molecule has 84 heavy (non-hydrogen) atoms. The molecule has 4 saturated heterocycles. The molecule has 4 aromatic rings. The first-order valence-electron chi connectivity index (χ1n) is 31.1. The second kappa shape index (κ2) is 23.4. The van der Waals surface area contributed by atoms with Gasteiger partial charge >= 0.3 is 23.9 Å². The number of piperidine rings is 4. The molecule has 4 aliphatic heterocycles. The second-order valence-corrected chi connectivity index (χ2v) is 31.1. The number of likely N-dealkylation sites (tertiary alicyclic amines) is 4. The maximum atomic E-state index is 16.4. The van der Waals surface area contributed by atoms with Gasteiger partial charge in [0, 0.05) is 83.3 Å². The number of carbonyl (C=O) groups excluding carboxylic acids is 1. The van der Waals surface area contributed by atoms with Crippen molar-refractivity contribution < 1.29 is 39.2 Å². The number of hydrogen-bond donors (Lipinski definition) is 3. The van der Waals surface area contributed by atoms with E-state index in [1.165, 1.54) is 0 Å². The van der Waals surface area contributed by atoms with E-state index in [4.69, 9.17) is 4.74 Å².